The number of allylic oxidation sites excluding steroid dienone is 2. The fourth-order valence-electron chi connectivity index (χ4n) is 2.85. The molecule has 0 radical (unpaired) electrons. The van der Waals surface area contributed by atoms with E-state index in [-0.39, 0.29) is 17.9 Å². The molecular formula is C18H20N4O2S2. The van der Waals surface area contributed by atoms with Crippen LogP contribution in [0.5, 0.6) is 0 Å². The Hall–Kier alpha value is -2.37. The number of carbonyl (C=O) groups excluding carboxylic acids is 1. The molecule has 1 amide bonds. The average molecular weight is 389 g/mol. The van der Waals surface area contributed by atoms with E-state index in [1.165, 1.54) is 5.41 Å². The van der Waals surface area contributed by atoms with Crippen LogP contribution in [0.2, 0.25) is 0 Å². The lowest BCUT2D eigenvalue weighted by atomic mass is 10.1. The number of rotatable bonds is 4. The molecule has 0 saturated carbocycles. The van der Waals surface area contributed by atoms with Gasteiger partial charge in [0.2, 0.25) is 5.91 Å². The van der Waals surface area contributed by atoms with Gasteiger partial charge in [-0.1, -0.05) is 25.3 Å². The van der Waals surface area contributed by atoms with E-state index in [0.717, 1.165) is 0 Å². The van der Waals surface area contributed by atoms with Gasteiger partial charge in [-0.15, -0.1) is 25.3 Å². The van der Waals surface area contributed by atoms with Crippen LogP contribution in [0.25, 0.3) is 12.0 Å². The molecule has 0 aliphatic carbocycles. The summed E-state index contributed by atoms with van der Waals surface area (Å²) in [6.45, 7) is 9.56. The van der Waals surface area contributed by atoms with Crippen LogP contribution in [-0.2, 0) is 4.79 Å². The average Bonchev–Trinajstić information content (AvgIpc) is 2.63. The van der Waals surface area contributed by atoms with Gasteiger partial charge in [0.15, 0.2) is 0 Å². The quantitative estimate of drug-likeness (QED) is 0.514. The van der Waals surface area contributed by atoms with Gasteiger partial charge in [0.05, 0.1) is 17.5 Å². The second kappa shape index (κ2) is 8.83. The number of thiol groups is 2. The van der Waals surface area contributed by atoms with Crippen molar-refractivity contribution in [2.24, 2.45) is 0 Å². The lowest BCUT2D eigenvalue weighted by Crippen LogP contribution is -2.52. The van der Waals surface area contributed by atoms with Crippen LogP contribution < -0.4 is 21.0 Å². The zero-order valence-corrected chi connectivity index (χ0v) is 16.0. The molecule has 0 bridgehead atoms. The van der Waals surface area contributed by atoms with Crippen LogP contribution in [0.15, 0.2) is 28.4 Å². The first kappa shape index (κ1) is 19.9. The smallest absolute Gasteiger partial charge is 0.268 e. The van der Waals surface area contributed by atoms with Crippen LogP contribution in [0, 0.1) is 11.3 Å². The third-order valence-electron chi connectivity index (χ3n) is 4.16. The van der Waals surface area contributed by atoms with Crippen LogP contribution in [0.4, 0.5) is 5.69 Å². The monoisotopic (exact) mass is 388 g/mol. The predicted octanol–water partition coefficient (Wildman–Crippen LogP) is 0.363. The van der Waals surface area contributed by atoms with Gasteiger partial charge in [-0.05, 0) is 10.3 Å². The largest absolute Gasteiger partial charge is 0.366 e. The molecule has 2 rings (SSSR count). The first-order chi connectivity index (χ1) is 12.4. The van der Waals surface area contributed by atoms with Crippen LogP contribution >= 0.6 is 25.3 Å². The number of nitrogens with zero attached hydrogens (tertiary/aromatic N) is 3. The van der Waals surface area contributed by atoms with E-state index < -0.39 is 5.56 Å². The molecule has 0 unspecified atom stereocenters. The van der Waals surface area contributed by atoms with Crippen molar-refractivity contribution in [3.63, 3.8) is 0 Å². The Bertz CT molecular complexity index is 951. The maximum absolute atomic E-state index is 12.3. The topological polar surface area (TPSA) is 80.2 Å². The Morgan fingerprint density at radius 1 is 1.35 bits per heavy atom. The Morgan fingerprint density at radius 2 is 2.00 bits per heavy atom. The van der Waals surface area contributed by atoms with Crippen molar-refractivity contribution in [3.05, 3.63) is 50.1 Å². The normalized spacial score (nSPS) is 15.7. The first-order valence-electron chi connectivity index (χ1n) is 7.96. The lowest BCUT2D eigenvalue weighted by Gasteiger charge is -2.36. The highest BCUT2D eigenvalue weighted by molar-refractivity contribution is 7.88. The van der Waals surface area contributed by atoms with Crippen molar-refractivity contribution in [2.75, 3.05) is 31.1 Å². The van der Waals surface area contributed by atoms with Gasteiger partial charge in [0.1, 0.15) is 11.6 Å². The number of carbonyl (C=O) groups is 1. The molecule has 1 fully saturated rings. The number of piperazine rings is 1. The maximum atomic E-state index is 12.3. The molecule has 0 atom stereocenters. The number of aromatic amines is 1. The number of hydrogen-bond acceptors (Lipinski definition) is 6. The third kappa shape index (κ3) is 4.23. The molecule has 1 saturated heterocycles. The zero-order chi connectivity index (χ0) is 19.3. The highest BCUT2D eigenvalue weighted by Crippen LogP contribution is 2.16. The summed E-state index contributed by atoms with van der Waals surface area (Å²) in [6, 6.07) is 1.96. The number of anilines is 1. The van der Waals surface area contributed by atoms with Gasteiger partial charge in [-0.2, -0.15) is 5.26 Å². The molecule has 1 aliphatic heterocycles. The Balaban J connectivity index is 2.23. The van der Waals surface area contributed by atoms with Crippen molar-refractivity contribution < 1.29 is 4.79 Å². The number of H-pyrrole nitrogens is 1. The van der Waals surface area contributed by atoms with Gasteiger partial charge >= 0.3 is 0 Å². The molecule has 8 heteroatoms. The molecule has 1 N–H and O–H groups in total. The number of hydrogen-bond donors (Lipinski definition) is 3. The van der Waals surface area contributed by atoms with Crippen molar-refractivity contribution in [2.45, 2.75) is 6.42 Å². The number of pyridine rings is 1. The van der Waals surface area contributed by atoms with Gasteiger partial charge in [0.25, 0.3) is 5.56 Å². The van der Waals surface area contributed by atoms with Crippen LogP contribution in [0.1, 0.15) is 12.0 Å². The molecule has 1 aliphatic rings. The fourth-order valence-corrected chi connectivity index (χ4v) is 3.31. The summed E-state index contributed by atoms with van der Waals surface area (Å²) in [5.74, 6) is -0.0154. The maximum Gasteiger partial charge on any atom is 0.268 e. The van der Waals surface area contributed by atoms with E-state index in [9.17, 15) is 14.9 Å². The number of nitrogens with one attached hydrogen (secondary N) is 1. The van der Waals surface area contributed by atoms with Gasteiger partial charge in [-0.25, -0.2) is 0 Å². The Morgan fingerprint density at radius 3 is 2.54 bits per heavy atom. The SMILES string of the molecule is C=C/C=C(\S)CC(=O)N1CCN(c2c(C#N)c(=O)[nH]/c(=C/S)c2=C)CC1. The summed E-state index contributed by atoms with van der Waals surface area (Å²) in [5, 5.41) is 11.8. The van der Waals surface area contributed by atoms with Crippen molar-refractivity contribution in [1.82, 2.24) is 9.88 Å². The van der Waals surface area contributed by atoms with Gasteiger partial charge in [0, 0.05) is 31.4 Å². The van der Waals surface area contributed by atoms with E-state index in [1.54, 1.807) is 17.1 Å². The second-order valence-electron chi connectivity index (χ2n) is 5.75. The zero-order valence-electron chi connectivity index (χ0n) is 14.2. The number of aromatic nitrogens is 1. The number of amides is 1. The molecule has 2 heterocycles. The fraction of sp³-hybridized carbons (Fsp3) is 0.278. The molecule has 1 aromatic heterocycles. The van der Waals surface area contributed by atoms with Crippen LogP contribution in [0.3, 0.4) is 0 Å². The highest BCUT2D eigenvalue weighted by atomic mass is 32.1. The molecule has 26 heavy (non-hydrogen) atoms. The van der Waals surface area contributed by atoms with Crippen molar-refractivity contribution in [3.8, 4) is 6.07 Å². The minimum absolute atomic E-state index is 0.0154. The molecule has 1 aromatic rings. The van der Waals surface area contributed by atoms with Gasteiger partial charge in [-0.3, -0.25) is 9.59 Å². The first-order valence-corrected chi connectivity index (χ1v) is 8.92. The molecule has 0 aromatic carbocycles. The van der Waals surface area contributed by atoms with Crippen molar-refractivity contribution in [1.29, 1.82) is 5.26 Å². The Kier molecular flexibility index (Phi) is 6.77. The minimum atomic E-state index is -0.469. The summed E-state index contributed by atoms with van der Waals surface area (Å²) in [4.78, 5) is 31.4. The summed E-state index contributed by atoms with van der Waals surface area (Å²) >= 11 is 8.34. The van der Waals surface area contributed by atoms with Crippen molar-refractivity contribution >= 4 is 48.8 Å². The summed E-state index contributed by atoms with van der Waals surface area (Å²) in [6.07, 6.45) is 3.51. The number of nitriles is 1. The summed E-state index contributed by atoms with van der Waals surface area (Å²) in [5.41, 5.74) is 0.0633. The summed E-state index contributed by atoms with van der Waals surface area (Å²) < 4.78 is 0. The van der Waals surface area contributed by atoms with E-state index >= 15 is 0 Å². The van der Waals surface area contributed by atoms with E-state index in [0.29, 0.717) is 47.3 Å². The Labute approximate surface area is 162 Å². The summed E-state index contributed by atoms with van der Waals surface area (Å²) in [7, 11) is 0. The van der Waals surface area contributed by atoms with Gasteiger partial charge < -0.3 is 14.8 Å². The standard InChI is InChI=1S/C18H20N4O2S2/c1-3-4-13(26)9-16(23)21-5-7-22(8-6-21)17-12(2)15(11-25)20-18(24)14(17)10-19/h3-4,11,25-26H,1-2,5-9H2,(H,20,24)/b13-4-,15-11+. The predicted molar refractivity (Wildman–Crippen MR) is 111 cm³/mol. The highest BCUT2D eigenvalue weighted by Gasteiger charge is 2.24. The van der Waals surface area contributed by atoms with E-state index in [4.69, 9.17) is 0 Å². The molecule has 0 spiro atoms. The second-order valence-corrected chi connectivity index (χ2v) is 6.58. The third-order valence-corrected chi connectivity index (χ3v) is 4.72. The molecular weight excluding hydrogens is 368 g/mol. The molecule has 136 valence electrons. The minimum Gasteiger partial charge on any atom is -0.366 e. The molecule has 6 nitrogen and oxygen atoms in total. The lowest BCUT2D eigenvalue weighted by molar-refractivity contribution is -0.130. The van der Waals surface area contributed by atoms with Crippen LogP contribution in [-0.4, -0.2) is 42.0 Å². The van der Waals surface area contributed by atoms with E-state index in [2.05, 4.69) is 43.4 Å². The van der Waals surface area contributed by atoms with E-state index in [1.807, 2.05) is 11.0 Å².